The van der Waals surface area contributed by atoms with E-state index in [2.05, 4.69) is 38.3 Å². The molecular weight excluding hydrogens is 345 g/mol. The van der Waals surface area contributed by atoms with Gasteiger partial charge in [-0.1, -0.05) is 56.7 Å². The summed E-state index contributed by atoms with van der Waals surface area (Å²) in [6.45, 7) is 11.8. The van der Waals surface area contributed by atoms with Crippen molar-refractivity contribution in [3.05, 3.63) is 83.4 Å². The van der Waals surface area contributed by atoms with Crippen LogP contribution >= 0.6 is 0 Å². The fraction of sp³-hybridized carbons (Fsp3) is 0.385. The van der Waals surface area contributed by atoms with Crippen molar-refractivity contribution in [2.45, 2.75) is 59.0 Å². The molecule has 0 aliphatic rings. The zero-order chi connectivity index (χ0) is 20.5. The summed E-state index contributed by atoms with van der Waals surface area (Å²) in [6, 6.07) is 12.3. The molecule has 2 aromatic carbocycles. The minimum Gasteiger partial charge on any atom is -0.399 e. The number of aryl methyl sites for hydroxylation is 1. The Balaban J connectivity index is 2.15. The summed E-state index contributed by atoms with van der Waals surface area (Å²) in [5.74, 6) is 0.581. The van der Waals surface area contributed by atoms with Crippen LogP contribution in [0.25, 0.3) is 5.57 Å². The van der Waals surface area contributed by atoms with Crippen LogP contribution in [0.2, 0.25) is 0 Å². The zero-order valence-corrected chi connectivity index (χ0v) is 17.4. The number of nitrogen functional groups attached to an aromatic ring is 1. The van der Waals surface area contributed by atoms with Gasteiger partial charge < -0.3 is 5.73 Å². The Morgan fingerprint density at radius 1 is 1.14 bits per heavy atom. The molecule has 0 aliphatic heterocycles. The van der Waals surface area contributed by atoms with Gasteiger partial charge in [-0.05, 0) is 84.0 Å². The van der Waals surface area contributed by atoms with Crippen molar-refractivity contribution < 1.29 is 4.39 Å². The Hall–Kier alpha value is -2.35. The van der Waals surface area contributed by atoms with Crippen molar-refractivity contribution in [3.8, 4) is 0 Å². The molecule has 2 aromatic rings. The molecule has 0 aliphatic carbocycles. The lowest BCUT2D eigenvalue weighted by Crippen LogP contribution is -2.07. The van der Waals surface area contributed by atoms with Gasteiger partial charge in [-0.2, -0.15) is 0 Å². The van der Waals surface area contributed by atoms with Crippen LogP contribution in [0.1, 0.15) is 60.4 Å². The number of hydrogen-bond donors (Lipinski definition) is 1. The van der Waals surface area contributed by atoms with Gasteiger partial charge in [-0.3, -0.25) is 0 Å². The third-order valence-electron chi connectivity index (χ3n) is 5.50. The van der Waals surface area contributed by atoms with E-state index >= 15 is 0 Å². The molecule has 2 N–H and O–H groups in total. The monoisotopic (exact) mass is 379 g/mol. The number of benzene rings is 2. The van der Waals surface area contributed by atoms with E-state index in [1.54, 1.807) is 0 Å². The highest BCUT2D eigenvalue weighted by molar-refractivity contribution is 5.67. The predicted molar refractivity (Wildman–Crippen MR) is 121 cm³/mol. The van der Waals surface area contributed by atoms with Crippen molar-refractivity contribution in [1.82, 2.24) is 0 Å². The van der Waals surface area contributed by atoms with Crippen LogP contribution in [-0.4, -0.2) is 0 Å². The maximum absolute atomic E-state index is 13.8. The van der Waals surface area contributed by atoms with Crippen molar-refractivity contribution >= 4 is 11.3 Å². The lowest BCUT2D eigenvalue weighted by molar-refractivity contribution is 0.437. The second-order valence-electron chi connectivity index (χ2n) is 7.81. The Morgan fingerprint density at radius 2 is 1.93 bits per heavy atom. The molecule has 0 heterocycles. The maximum Gasteiger partial charge on any atom is 0.115 e. The third-order valence-corrected chi connectivity index (χ3v) is 5.50. The molecule has 0 bridgehead atoms. The first-order valence-electron chi connectivity index (χ1n) is 10.3. The van der Waals surface area contributed by atoms with Gasteiger partial charge in [0, 0.05) is 5.69 Å². The largest absolute Gasteiger partial charge is 0.399 e. The highest BCUT2D eigenvalue weighted by atomic mass is 19.1. The number of halogens is 1. The topological polar surface area (TPSA) is 26.0 Å². The van der Waals surface area contributed by atoms with Crippen molar-refractivity contribution in [2.75, 3.05) is 5.73 Å². The van der Waals surface area contributed by atoms with Gasteiger partial charge >= 0.3 is 0 Å². The van der Waals surface area contributed by atoms with E-state index in [9.17, 15) is 4.39 Å². The molecule has 0 saturated heterocycles. The second kappa shape index (κ2) is 10.8. The van der Waals surface area contributed by atoms with E-state index in [-0.39, 0.29) is 0 Å². The fourth-order valence-corrected chi connectivity index (χ4v) is 3.74. The Bertz CT molecular complexity index is 806. The molecule has 1 atom stereocenters. The van der Waals surface area contributed by atoms with Crippen LogP contribution in [0.4, 0.5) is 10.1 Å². The van der Waals surface area contributed by atoms with Gasteiger partial charge in [0.15, 0.2) is 0 Å². The van der Waals surface area contributed by atoms with Crippen LogP contribution < -0.4 is 5.73 Å². The van der Waals surface area contributed by atoms with Gasteiger partial charge in [0.05, 0.1) is 0 Å². The molecule has 0 radical (unpaired) electrons. The minimum absolute atomic E-state index is 0.436. The number of alkyl halides is 1. The van der Waals surface area contributed by atoms with Gasteiger partial charge in [0.2, 0.25) is 0 Å². The van der Waals surface area contributed by atoms with Crippen LogP contribution in [-0.2, 0) is 19.5 Å². The van der Waals surface area contributed by atoms with Gasteiger partial charge in [0.25, 0.3) is 0 Å². The molecule has 0 amide bonds. The number of hydrogen-bond acceptors (Lipinski definition) is 1. The van der Waals surface area contributed by atoms with Crippen molar-refractivity contribution in [1.29, 1.82) is 0 Å². The maximum atomic E-state index is 13.8. The molecule has 28 heavy (non-hydrogen) atoms. The first kappa shape index (κ1) is 21.9. The van der Waals surface area contributed by atoms with Crippen molar-refractivity contribution in [2.24, 2.45) is 5.92 Å². The highest BCUT2D eigenvalue weighted by Gasteiger charge is 2.13. The Labute approximate surface area is 170 Å². The van der Waals surface area contributed by atoms with Crippen molar-refractivity contribution in [3.63, 3.8) is 0 Å². The molecule has 2 heteroatoms. The Morgan fingerprint density at radius 3 is 2.57 bits per heavy atom. The number of rotatable bonds is 11. The molecule has 1 nitrogen and oxygen atoms in total. The minimum atomic E-state index is -0.436. The van der Waals surface area contributed by atoms with Gasteiger partial charge in [0.1, 0.15) is 6.67 Å². The van der Waals surface area contributed by atoms with Crippen LogP contribution in [0.5, 0.6) is 0 Å². The summed E-state index contributed by atoms with van der Waals surface area (Å²) in [4.78, 5) is 0. The summed E-state index contributed by atoms with van der Waals surface area (Å²) in [6.07, 6.45) is 8.08. The van der Waals surface area contributed by atoms with Crippen LogP contribution in [0.3, 0.4) is 0 Å². The zero-order valence-electron chi connectivity index (χ0n) is 17.4. The van der Waals surface area contributed by atoms with E-state index in [1.807, 2.05) is 31.2 Å². The molecule has 1 unspecified atom stereocenters. The smallest absolute Gasteiger partial charge is 0.115 e. The van der Waals surface area contributed by atoms with E-state index < -0.39 is 6.67 Å². The molecule has 0 aromatic heterocycles. The molecule has 0 spiro atoms. The first-order valence-corrected chi connectivity index (χ1v) is 10.3. The number of anilines is 1. The Kier molecular flexibility index (Phi) is 8.50. The summed E-state index contributed by atoms with van der Waals surface area (Å²) < 4.78 is 13.8. The molecule has 2 rings (SSSR count). The standard InChI is InChI=1S/C26H34FN/c1-5-7-9-21(8-6-2)15-24-13-12-23(17-25(24)18-27)20(4)14-22-11-10-19(3)26(28)16-22/h5,10-13,16-17,21H,1,4,6-9,14-15,18,28H2,2-3H3. The summed E-state index contributed by atoms with van der Waals surface area (Å²) in [5.41, 5.74) is 12.9. The summed E-state index contributed by atoms with van der Waals surface area (Å²) in [7, 11) is 0. The number of allylic oxidation sites excluding steroid dienone is 2. The number of nitrogens with two attached hydrogens (primary N) is 1. The van der Waals surface area contributed by atoms with E-state index in [4.69, 9.17) is 5.73 Å². The van der Waals surface area contributed by atoms with Gasteiger partial charge in [-0.15, -0.1) is 6.58 Å². The normalized spacial score (nSPS) is 12.0. The summed E-state index contributed by atoms with van der Waals surface area (Å²) >= 11 is 0. The summed E-state index contributed by atoms with van der Waals surface area (Å²) in [5, 5.41) is 0. The lowest BCUT2D eigenvalue weighted by Gasteiger charge is -2.18. The molecular formula is C26H34FN. The van der Waals surface area contributed by atoms with E-state index in [0.717, 1.165) is 64.8 Å². The van der Waals surface area contributed by atoms with Crippen LogP contribution in [0, 0.1) is 12.8 Å². The SMILES string of the molecule is C=CCCC(CCC)Cc1ccc(C(=C)Cc2ccc(C)c(N)c2)cc1CF. The highest BCUT2D eigenvalue weighted by Crippen LogP contribution is 2.27. The van der Waals surface area contributed by atoms with E-state index in [0.29, 0.717) is 12.3 Å². The van der Waals surface area contributed by atoms with E-state index in [1.165, 1.54) is 6.42 Å². The average Bonchev–Trinajstić information content (AvgIpc) is 2.69. The predicted octanol–water partition coefficient (Wildman–Crippen LogP) is 7.23. The van der Waals surface area contributed by atoms with Gasteiger partial charge in [-0.25, -0.2) is 4.39 Å². The molecule has 150 valence electrons. The molecule has 0 saturated carbocycles. The molecule has 0 fully saturated rings. The third kappa shape index (κ3) is 6.09. The quantitative estimate of drug-likeness (QED) is 0.323. The van der Waals surface area contributed by atoms with Crippen LogP contribution in [0.15, 0.2) is 55.6 Å². The fourth-order valence-electron chi connectivity index (χ4n) is 3.74. The average molecular weight is 380 g/mol. The first-order chi connectivity index (χ1) is 13.5. The lowest BCUT2D eigenvalue weighted by atomic mass is 9.87. The second-order valence-corrected chi connectivity index (χ2v) is 7.81.